The summed E-state index contributed by atoms with van der Waals surface area (Å²) in [5.41, 5.74) is 2.63. The van der Waals surface area contributed by atoms with Crippen molar-refractivity contribution in [3.63, 3.8) is 0 Å². The molecule has 1 aromatic heterocycles. The molecule has 5 nitrogen and oxygen atoms in total. The number of carbonyl (C=O) groups excluding carboxylic acids is 1. The van der Waals surface area contributed by atoms with Gasteiger partial charge in [-0.15, -0.1) is 0 Å². The molecule has 0 amide bonds. The van der Waals surface area contributed by atoms with E-state index < -0.39 is 0 Å². The Morgan fingerprint density at radius 2 is 1.74 bits per heavy atom. The molecule has 0 bridgehead atoms. The summed E-state index contributed by atoms with van der Waals surface area (Å²) in [7, 11) is 1.64. The molecule has 0 N–H and O–H groups in total. The first-order valence-corrected chi connectivity index (χ1v) is 8.87. The van der Waals surface area contributed by atoms with Crippen LogP contribution in [-0.4, -0.2) is 19.7 Å². The lowest BCUT2D eigenvalue weighted by atomic mass is 10.1. The summed E-state index contributed by atoms with van der Waals surface area (Å²) in [6.07, 6.45) is 1.52. The smallest absolute Gasteiger partial charge is 0.341 e. The topological polar surface area (TPSA) is 51.9 Å². The molecule has 0 saturated heterocycles. The predicted molar refractivity (Wildman–Crippen MR) is 104 cm³/mol. The van der Waals surface area contributed by atoms with Gasteiger partial charge in [0.25, 0.3) is 0 Å². The van der Waals surface area contributed by atoms with E-state index in [4.69, 9.17) is 13.9 Å². The van der Waals surface area contributed by atoms with Crippen LogP contribution in [0, 0.1) is 0 Å². The first kappa shape index (κ1) is 18.6. The Kier molecular flexibility index (Phi) is 6.15. The van der Waals surface area contributed by atoms with Gasteiger partial charge in [-0.2, -0.15) is 0 Å². The van der Waals surface area contributed by atoms with E-state index in [-0.39, 0.29) is 5.97 Å². The summed E-state index contributed by atoms with van der Waals surface area (Å²) in [6, 6.07) is 19.6. The maximum atomic E-state index is 12.2. The van der Waals surface area contributed by atoms with Crippen molar-refractivity contribution in [1.29, 1.82) is 0 Å². The third-order valence-electron chi connectivity index (χ3n) is 4.23. The molecule has 0 atom stereocenters. The zero-order chi connectivity index (χ0) is 19.1. The van der Waals surface area contributed by atoms with E-state index in [1.165, 1.54) is 6.26 Å². The van der Waals surface area contributed by atoms with Crippen LogP contribution in [0.2, 0.25) is 0 Å². The maximum Gasteiger partial charge on any atom is 0.341 e. The summed E-state index contributed by atoms with van der Waals surface area (Å²) in [4.78, 5) is 14.3. The fourth-order valence-electron chi connectivity index (χ4n) is 2.86. The van der Waals surface area contributed by atoms with E-state index in [9.17, 15) is 4.79 Å². The van der Waals surface area contributed by atoms with E-state index in [0.29, 0.717) is 31.0 Å². The molecule has 3 aromatic rings. The van der Waals surface area contributed by atoms with E-state index in [1.54, 1.807) is 20.1 Å². The predicted octanol–water partition coefficient (Wildman–Crippen LogP) is 4.67. The van der Waals surface area contributed by atoms with Gasteiger partial charge >= 0.3 is 5.97 Å². The molecule has 0 spiro atoms. The number of benzene rings is 2. The number of esters is 1. The van der Waals surface area contributed by atoms with Crippen LogP contribution in [0.15, 0.2) is 71.3 Å². The molecule has 140 valence electrons. The minimum atomic E-state index is -0.365. The van der Waals surface area contributed by atoms with Crippen molar-refractivity contribution in [2.24, 2.45) is 0 Å². The number of rotatable bonds is 8. The normalized spacial score (nSPS) is 10.4. The molecule has 0 unspecified atom stereocenters. The van der Waals surface area contributed by atoms with Gasteiger partial charge in [0.2, 0.25) is 0 Å². The van der Waals surface area contributed by atoms with E-state index in [2.05, 4.69) is 17.0 Å². The van der Waals surface area contributed by atoms with Crippen molar-refractivity contribution in [2.45, 2.75) is 20.0 Å². The molecule has 27 heavy (non-hydrogen) atoms. The lowest BCUT2D eigenvalue weighted by Crippen LogP contribution is -2.23. The van der Waals surface area contributed by atoms with Gasteiger partial charge in [-0.1, -0.05) is 30.3 Å². The average Bonchev–Trinajstić information content (AvgIpc) is 3.17. The number of carbonyl (C=O) groups is 1. The maximum absolute atomic E-state index is 12.2. The molecule has 0 fully saturated rings. The van der Waals surface area contributed by atoms with E-state index >= 15 is 0 Å². The second-order valence-electron chi connectivity index (χ2n) is 6.02. The fourth-order valence-corrected chi connectivity index (χ4v) is 2.86. The number of hydrogen-bond acceptors (Lipinski definition) is 5. The van der Waals surface area contributed by atoms with Crippen LogP contribution in [0.25, 0.3) is 0 Å². The largest absolute Gasteiger partial charge is 0.497 e. The number of nitrogens with zero attached hydrogens (tertiary/aromatic N) is 1. The summed E-state index contributed by atoms with van der Waals surface area (Å²) < 4.78 is 16.0. The molecule has 0 aliphatic rings. The standard InChI is InChI=1S/C22H23NO4/c1-3-26-22(24)20-13-14-27-21(20)16-23(15-17-7-5-4-6-8-17)18-9-11-19(25-2)12-10-18/h4-14H,3,15-16H2,1-2H3. The monoisotopic (exact) mass is 365 g/mol. The number of ether oxygens (including phenoxy) is 2. The van der Waals surface area contributed by atoms with E-state index in [1.807, 2.05) is 42.5 Å². The zero-order valence-corrected chi connectivity index (χ0v) is 15.6. The van der Waals surface area contributed by atoms with Crippen LogP contribution in [0.5, 0.6) is 5.75 Å². The Morgan fingerprint density at radius 3 is 2.41 bits per heavy atom. The molecule has 0 radical (unpaired) electrons. The van der Waals surface area contributed by atoms with Gasteiger partial charge in [0.05, 0.1) is 26.5 Å². The first-order valence-electron chi connectivity index (χ1n) is 8.87. The second-order valence-corrected chi connectivity index (χ2v) is 6.02. The van der Waals surface area contributed by atoms with Gasteiger partial charge < -0.3 is 18.8 Å². The lowest BCUT2D eigenvalue weighted by Gasteiger charge is -2.24. The summed E-state index contributed by atoms with van der Waals surface area (Å²) in [6.45, 7) is 3.24. The highest BCUT2D eigenvalue weighted by molar-refractivity contribution is 5.90. The minimum Gasteiger partial charge on any atom is -0.497 e. The molecule has 5 heteroatoms. The van der Waals surface area contributed by atoms with Crippen LogP contribution in [0.4, 0.5) is 5.69 Å². The van der Waals surface area contributed by atoms with Gasteiger partial charge in [-0.3, -0.25) is 0 Å². The Labute approximate surface area is 159 Å². The van der Waals surface area contributed by atoms with Crippen LogP contribution >= 0.6 is 0 Å². The highest BCUT2D eigenvalue weighted by Crippen LogP contribution is 2.25. The molecular formula is C22H23NO4. The highest BCUT2D eigenvalue weighted by atomic mass is 16.5. The van der Waals surface area contributed by atoms with Gasteiger partial charge in [0.15, 0.2) is 0 Å². The quantitative estimate of drug-likeness (QED) is 0.543. The van der Waals surface area contributed by atoms with Crippen LogP contribution in [-0.2, 0) is 17.8 Å². The molecule has 0 saturated carbocycles. The van der Waals surface area contributed by atoms with Crippen molar-refractivity contribution in [3.8, 4) is 5.75 Å². The molecular weight excluding hydrogens is 342 g/mol. The van der Waals surface area contributed by atoms with Gasteiger partial charge in [-0.05, 0) is 42.8 Å². The van der Waals surface area contributed by atoms with Gasteiger partial charge in [0, 0.05) is 12.2 Å². The molecule has 0 aliphatic heterocycles. The summed E-state index contributed by atoms with van der Waals surface area (Å²) in [5.74, 6) is 1.01. The Hall–Kier alpha value is -3.21. The van der Waals surface area contributed by atoms with Crippen LogP contribution in [0.1, 0.15) is 28.6 Å². The van der Waals surface area contributed by atoms with Crippen molar-refractivity contribution in [3.05, 3.63) is 83.8 Å². The number of methoxy groups -OCH3 is 1. The average molecular weight is 365 g/mol. The van der Waals surface area contributed by atoms with Crippen molar-refractivity contribution < 1.29 is 18.7 Å². The highest BCUT2D eigenvalue weighted by Gasteiger charge is 2.19. The van der Waals surface area contributed by atoms with E-state index in [0.717, 1.165) is 17.0 Å². The SMILES string of the molecule is CCOC(=O)c1ccoc1CN(Cc1ccccc1)c1ccc(OC)cc1. The van der Waals surface area contributed by atoms with Gasteiger partial charge in [0.1, 0.15) is 17.1 Å². The minimum absolute atomic E-state index is 0.329. The Bertz CT molecular complexity index is 856. The second kappa shape index (κ2) is 8.94. The third-order valence-corrected chi connectivity index (χ3v) is 4.23. The number of anilines is 1. The Balaban J connectivity index is 1.88. The van der Waals surface area contributed by atoms with Crippen LogP contribution < -0.4 is 9.64 Å². The first-order chi connectivity index (χ1) is 13.2. The van der Waals surface area contributed by atoms with Crippen molar-refractivity contribution >= 4 is 11.7 Å². The molecule has 3 rings (SSSR count). The Morgan fingerprint density at radius 1 is 1.00 bits per heavy atom. The third kappa shape index (κ3) is 4.70. The summed E-state index contributed by atoms with van der Waals surface area (Å²) in [5, 5.41) is 0. The number of furan rings is 1. The molecule has 0 aliphatic carbocycles. The molecule has 1 heterocycles. The van der Waals surface area contributed by atoms with Crippen LogP contribution in [0.3, 0.4) is 0 Å². The fraction of sp³-hybridized carbons (Fsp3) is 0.227. The zero-order valence-electron chi connectivity index (χ0n) is 15.6. The molecule has 2 aromatic carbocycles. The van der Waals surface area contributed by atoms with Crippen molar-refractivity contribution in [1.82, 2.24) is 0 Å². The summed E-state index contributed by atoms with van der Waals surface area (Å²) >= 11 is 0. The van der Waals surface area contributed by atoms with Crippen molar-refractivity contribution in [2.75, 3.05) is 18.6 Å². The lowest BCUT2D eigenvalue weighted by molar-refractivity contribution is 0.0524. The number of hydrogen-bond donors (Lipinski definition) is 0. The van der Waals surface area contributed by atoms with Gasteiger partial charge in [-0.25, -0.2) is 4.79 Å².